The third-order valence-electron chi connectivity index (χ3n) is 7.91. The molecule has 0 saturated heterocycles. The van der Waals surface area contributed by atoms with Gasteiger partial charge in [-0.1, -0.05) is 38.0 Å². The number of aryl methyl sites for hydroxylation is 1. The fourth-order valence-electron chi connectivity index (χ4n) is 6.48. The maximum absolute atomic E-state index is 15.0. The van der Waals surface area contributed by atoms with Crippen molar-refractivity contribution in [3.8, 4) is 0 Å². The number of hydrogen-bond donors (Lipinski definition) is 0. The summed E-state index contributed by atoms with van der Waals surface area (Å²) in [5.74, 6) is 3.99. The molecule has 0 amide bonds. The van der Waals surface area contributed by atoms with Gasteiger partial charge in [0.25, 0.3) is 0 Å². The van der Waals surface area contributed by atoms with Crippen molar-refractivity contribution in [3.63, 3.8) is 0 Å². The molecule has 3 aliphatic rings. The minimum atomic E-state index is 0.0993. The third kappa shape index (κ3) is 4.17. The molecule has 3 aliphatic carbocycles. The molecule has 0 radical (unpaired) electrons. The summed E-state index contributed by atoms with van der Waals surface area (Å²) >= 11 is 0. The van der Waals surface area contributed by atoms with Gasteiger partial charge in [-0.3, -0.25) is 0 Å². The highest BCUT2D eigenvalue weighted by molar-refractivity contribution is 5.37. The molecular formula is C26H37F. The second-order valence-corrected chi connectivity index (χ2v) is 9.67. The SMILES string of the molecule is C/C=C/C1CCC2CC(c3cc(F)c4c(c3)CCC(CCC)C4)CCC2C1. The molecule has 148 valence electrons. The van der Waals surface area contributed by atoms with Gasteiger partial charge in [-0.05, 0) is 117 Å². The summed E-state index contributed by atoms with van der Waals surface area (Å²) in [5, 5.41) is 0. The van der Waals surface area contributed by atoms with Crippen LogP contribution in [0.4, 0.5) is 4.39 Å². The number of benzene rings is 1. The Morgan fingerprint density at radius 1 is 1.04 bits per heavy atom. The topological polar surface area (TPSA) is 0 Å². The van der Waals surface area contributed by atoms with Crippen LogP contribution in [0.1, 0.15) is 94.2 Å². The van der Waals surface area contributed by atoms with Crippen molar-refractivity contribution in [2.75, 3.05) is 0 Å². The van der Waals surface area contributed by atoms with Gasteiger partial charge in [0.15, 0.2) is 0 Å². The minimum absolute atomic E-state index is 0.0993. The van der Waals surface area contributed by atoms with Gasteiger partial charge in [0.1, 0.15) is 5.82 Å². The lowest BCUT2D eigenvalue weighted by molar-refractivity contribution is 0.133. The van der Waals surface area contributed by atoms with Crippen molar-refractivity contribution in [2.45, 2.75) is 90.4 Å². The highest BCUT2D eigenvalue weighted by atomic mass is 19.1. The monoisotopic (exact) mass is 368 g/mol. The highest BCUT2D eigenvalue weighted by Gasteiger charge is 2.36. The Morgan fingerprint density at radius 3 is 2.67 bits per heavy atom. The largest absolute Gasteiger partial charge is 0.207 e. The lowest BCUT2D eigenvalue weighted by Gasteiger charge is -2.42. The number of allylic oxidation sites excluding steroid dienone is 2. The predicted molar refractivity (Wildman–Crippen MR) is 113 cm³/mol. The van der Waals surface area contributed by atoms with E-state index in [1.807, 2.05) is 6.07 Å². The molecule has 5 unspecified atom stereocenters. The average molecular weight is 369 g/mol. The highest BCUT2D eigenvalue weighted by Crippen LogP contribution is 2.48. The van der Waals surface area contributed by atoms with Crippen LogP contribution in [0.5, 0.6) is 0 Å². The zero-order valence-corrected chi connectivity index (χ0v) is 17.4. The van der Waals surface area contributed by atoms with Crippen LogP contribution in [-0.4, -0.2) is 0 Å². The first kappa shape index (κ1) is 19.2. The second kappa shape index (κ2) is 8.50. The number of fused-ring (bicyclic) bond motifs is 2. The Kier molecular flexibility index (Phi) is 6.05. The molecule has 27 heavy (non-hydrogen) atoms. The summed E-state index contributed by atoms with van der Waals surface area (Å²) in [6.45, 7) is 4.40. The quantitative estimate of drug-likeness (QED) is 0.480. The lowest BCUT2D eigenvalue weighted by Crippen LogP contribution is -2.30. The normalized spacial score (nSPS) is 33.7. The van der Waals surface area contributed by atoms with E-state index < -0.39 is 0 Å². The van der Waals surface area contributed by atoms with E-state index in [1.165, 1.54) is 68.9 Å². The third-order valence-corrected chi connectivity index (χ3v) is 7.91. The molecule has 0 nitrogen and oxygen atoms in total. The standard InChI is InChI=1S/C26H37F/c1-3-5-18-7-9-21-15-22(12-11-20(21)13-18)24-16-23-10-8-19(6-4-2)14-25(23)26(27)17-24/h3,5,16-22H,4,6-15H2,1-2H3/b5-3+. The van der Waals surface area contributed by atoms with Crippen molar-refractivity contribution in [3.05, 3.63) is 46.8 Å². The molecule has 1 heteroatoms. The predicted octanol–water partition coefficient (Wildman–Crippen LogP) is 7.61. The van der Waals surface area contributed by atoms with E-state index in [0.29, 0.717) is 11.8 Å². The first-order valence-corrected chi connectivity index (χ1v) is 11.6. The Hall–Kier alpha value is -1.11. The smallest absolute Gasteiger partial charge is 0.126 e. The lowest BCUT2D eigenvalue weighted by atomic mass is 9.63. The minimum Gasteiger partial charge on any atom is -0.207 e. The Labute approximate surface area is 165 Å². The molecule has 0 N–H and O–H groups in total. The van der Waals surface area contributed by atoms with Crippen molar-refractivity contribution >= 4 is 0 Å². The van der Waals surface area contributed by atoms with Crippen LogP contribution in [-0.2, 0) is 12.8 Å². The molecule has 0 aromatic heterocycles. The number of rotatable bonds is 4. The Morgan fingerprint density at radius 2 is 1.85 bits per heavy atom. The van der Waals surface area contributed by atoms with Crippen molar-refractivity contribution in [1.82, 2.24) is 0 Å². The number of hydrogen-bond acceptors (Lipinski definition) is 0. The molecule has 0 aliphatic heterocycles. The molecule has 5 atom stereocenters. The van der Waals surface area contributed by atoms with Gasteiger partial charge in [0, 0.05) is 0 Å². The van der Waals surface area contributed by atoms with Crippen LogP contribution in [0.25, 0.3) is 0 Å². The molecule has 0 bridgehead atoms. The molecular weight excluding hydrogens is 331 g/mol. The first-order chi connectivity index (χ1) is 13.2. The van der Waals surface area contributed by atoms with E-state index in [4.69, 9.17) is 0 Å². The molecule has 0 heterocycles. The van der Waals surface area contributed by atoms with Crippen LogP contribution < -0.4 is 0 Å². The maximum atomic E-state index is 15.0. The van der Waals surface area contributed by atoms with E-state index in [2.05, 4.69) is 32.1 Å². The zero-order chi connectivity index (χ0) is 18.8. The second-order valence-electron chi connectivity index (χ2n) is 9.67. The van der Waals surface area contributed by atoms with Gasteiger partial charge in [-0.15, -0.1) is 0 Å². The summed E-state index contributed by atoms with van der Waals surface area (Å²) in [6.07, 6.45) is 18.5. The molecule has 0 spiro atoms. The van der Waals surface area contributed by atoms with Crippen LogP contribution >= 0.6 is 0 Å². The summed E-state index contributed by atoms with van der Waals surface area (Å²) in [4.78, 5) is 0. The first-order valence-electron chi connectivity index (χ1n) is 11.6. The molecule has 1 aromatic rings. The van der Waals surface area contributed by atoms with Gasteiger partial charge < -0.3 is 0 Å². The van der Waals surface area contributed by atoms with Gasteiger partial charge in [-0.25, -0.2) is 4.39 Å². The van der Waals surface area contributed by atoms with Gasteiger partial charge in [0.2, 0.25) is 0 Å². The van der Waals surface area contributed by atoms with E-state index in [9.17, 15) is 4.39 Å². The van der Waals surface area contributed by atoms with Crippen LogP contribution in [0.2, 0.25) is 0 Å². The molecule has 2 saturated carbocycles. The van der Waals surface area contributed by atoms with E-state index >= 15 is 0 Å². The van der Waals surface area contributed by atoms with E-state index in [1.54, 1.807) is 0 Å². The molecule has 4 rings (SSSR count). The summed E-state index contributed by atoms with van der Waals surface area (Å²) in [5.41, 5.74) is 3.69. The Balaban J connectivity index is 1.45. The molecule has 2 fully saturated rings. The van der Waals surface area contributed by atoms with Gasteiger partial charge >= 0.3 is 0 Å². The van der Waals surface area contributed by atoms with Crippen molar-refractivity contribution < 1.29 is 4.39 Å². The summed E-state index contributed by atoms with van der Waals surface area (Å²) < 4.78 is 15.0. The van der Waals surface area contributed by atoms with Crippen LogP contribution in [0.15, 0.2) is 24.3 Å². The maximum Gasteiger partial charge on any atom is 0.126 e. The van der Waals surface area contributed by atoms with Crippen molar-refractivity contribution in [2.24, 2.45) is 23.7 Å². The average Bonchev–Trinajstić information content (AvgIpc) is 2.68. The van der Waals surface area contributed by atoms with Crippen LogP contribution in [0, 0.1) is 29.5 Å². The van der Waals surface area contributed by atoms with Crippen LogP contribution in [0.3, 0.4) is 0 Å². The fourth-order valence-corrected chi connectivity index (χ4v) is 6.48. The molecule has 1 aromatic carbocycles. The van der Waals surface area contributed by atoms with E-state index in [0.717, 1.165) is 36.2 Å². The summed E-state index contributed by atoms with van der Waals surface area (Å²) in [6, 6.07) is 4.32. The Bertz CT molecular complexity index is 673. The number of halogens is 1. The van der Waals surface area contributed by atoms with Gasteiger partial charge in [0.05, 0.1) is 0 Å². The summed E-state index contributed by atoms with van der Waals surface area (Å²) in [7, 11) is 0. The van der Waals surface area contributed by atoms with Crippen molar-refractivity contribution in [1.29, 1.82) is 0 Å². The van der Waals surface area contributed by atoms with Gasteiger partial charge in [-0.2, -0.15) is 0 Å². The fraction of sp³-hybridized carbons (Fsp3) is 0.692. The van der Waals surface area contributed by atoms with E-state index in [-0.39, 0.29) is 5.82 Å². The zero-order valence-electron chi connectivity index (χ0n) is 17.4.